The summed E-state index contributed by atoms with van der Waals surface area (Å²) in [5.74, 6) is 0. The van der Waals surface area contributed by atoms with Crippen molar-refractivity contribution in [2.45, 2.75) is 38.6 Å². The largest absolute Gasteiger partial charge is 0.313 e. The van der Waals surface area contributed by atoms with Crippen molar-refractivity contribution >= 4 is 11.8 Å². The molecule has 1 atom stereocenters. The minimum atomic E-state index is 0.746. The van der Waals surface area contributed by atoms with Gasteiger partial charge in [-0.05, 0) is 26.1 Å². The van der Waals surface area contributed by atoms with Crippen molar-refractivity contribution in [1.82, 2.24) is 15.1 Å². The molecule has 1 rings (SSSR count). The van der Waals surface area contributed by atoms with Crippen LogP contribution in [-0.4, -0.2) is 27.8 Å². The lowest BCUT2D eigenvalue weighted by Gasteiger charge is -2.07. The quantitative estimate of drug-likeness (QED) is 0.724. The zero-order valence-corrected chi connectivity index (χ0v) is 10.7. The van der Waals surface area contributed by atoms with Crippen LogP contribution in [0, 0.1) is 0 Å². The number of nitrogens with zero attached hydrogens (tertiary/aromatic N) is 2. The molecule has 1 aromatic rings. The third-order valence-electron chi connectivity index (χ3n) is 2.47. The molecule has 1 N–H and O–H groups in total. The van der Waals surface area contributed by atoms with Crippen LogP contribution in [0.3, 0.4) is 0 Å². The van der Waals surface area contributed by atoms with Crippen molar-refractivity contribution in [3.05, 3.63) is 18.0 Å². The van der Waals surface area contributed by atoms with Gasteiger partial charge in [0, 0.05) is 30.1 Å². The van der Waals surface area contributed by atoms with Crippen LogP contribution in [0.5, 0.6) is 0 Å². The number of hydrogen-bond donors (Lipinski definition) is 1. The molecular weight excluding hydrogens is 206 g/mol. The maximum absolute atomic E-state index is 4.24. The van der Waals surface area contributed by atoms with Gasteiger partial charge in [0.05, 0.1) is 6.20 Å². The summed E-state index contributed by atoms with van der Waals surface area (Å²) in [6, 6.07) is 0. The zero-order valence-electron chi connectivity index (χ0n) is 9.86. The van der Waals surface area contributed by atoms with Gasteiger partial charge in [-0.2, -0.15) is 16.9 Å². The lowest BCUT2D eigenvalue weighted by molar-refractivity contribution is 0.642. The predicted molar refractivity (Wildman–Crippen MR) is 67.2 cm³/mol. The number of hydrogen-bond acceptors (Lipinski definition) is 3. The average molecular weight is 227 g/mol. The van der Waals surface area contributed by atoms with E-state index < -0.39 is 0 Å². The Morgan fingerprint density at radius 2 is 2.40 bits per heavy atom. The molecule has 1 aromatic heterocycles. The normalized spacial score (nSPS) is 13.0. The first-order valence-corrected chi connectivity index (χ1v) is 6.80. The summed E-state index contributed by atoms with van der Waals surface area (Å²) in [5.41, 5.74) is 1.27. The fourth-order valence-electron chi connectivity index (χ4n) is 1.33. The van der Waals surface area contributed by atoms with Crippen LogP contribution in [0.2, 0.25) is 0 Å². The van der Waals surface area contributed by atoms with Gasteiger partial charge in [-0.1, -0.05) is 6.92 Å². The highest BCUT2D eigenvalue weighted by atomic mass is 32.2. The van der Waals surface area contributed by atoms with E-state index in [9.17, 15) is 0 Å². The number of thioether (sulfide) groups is 1. The standard InChI is InChI=1S/C11H21N3S/c1-4-14-9-11(8-13-14)7-12-6-5-10(2)15-3/h8-10,12H,4-7H2,1-3H3. The van der Waals surface area contributed by atoms with E-state index in [1.807, 2.05) is 22.6 Å². The first-order chi connectivity index (χ1) is 7.26. The van der Waals surface area contributed by atoms with Gasteiger partial charge < -0.3 is 5.32 Å². The highest BCUT2D eigenvalue weighted by Gasteiger charge is 1.99. The molecule has 0 aliphatic heterocycles. The van der Waals surface area contributed by atoms with Gasteiger partial charge in [0.2, 0.25) is 0 Å². The van der Waals surface area contributed by atoms with E-state index in [2.05, 4.69) is 36.7 Å². The first-order valence-electron chi connectivity index (χ1n) is 5.51. The van der Waals surface area contributed by atoms with Crippen LogP contribution in [0.25, 0.3) is 0 Å². The third-order valence-corrected chi connectivity index (χ3v) is 3.51. The SMILES string of the molecule is CCn1cc(CNCCC(C)SC)cn1. The Hall–Kier alpha value is -0.480. The predicted octanol–water partition coefficient (Wildman–Crippen LogP) is 2.13. The van der Waals surface area contributed by atoms with Gasteiger partial charge in [-0.3, -0.25) is 4.68 Å². The maximum atomic E-state index is 4.24. The highest BCUT2D eigenvalue weighted by molar-refractivity contribution is 7.99. The highest BCUT2D eigenvalue weighted by Crippen LogP contribution is 2.08. The van der Waals surface area contributed by atoms with Crippen molar-refractivity contribution in [3.8, 4) is 0 Å². The minimum Gasteiger partial charge on any atom is -0.313 e. The zero-order chi connectivity index (χ0) is 11.1. The van der Waals surface area contributed by atoms with Crippen LogP contribution in [0.1, 0.15) is 25.8 Å². The molecule has 0 amide bonds. The lowest BCUT2D eigenvalue weighted by atomic mass is 10.3. The van der Waals surface area contributed by atoms with Crippen LogP contribution in [-0.2, 0) is 13.1 Å². The Kier molecular flexibility index (Phi) is 5.79. The molecule has 1 unspecified atom stereocenters. The second-order valence-corrected chi connectivity index (χ2v) is 4.99. The van der Waals surface area contributed by atoms with Crippen molar-refractivity contribution in [3.63, 3.8) is 0 Å². The third kappa shape index (κ3) is 4.71. The number of aryl methyl sites for hydroxylation is 1. The Balaban J connectivity index is 2.14. The van der Waals surface area contributed by atoms with Gasteiger partial charge >= 0.3 is 0 Å². The molecule has 0 saturated heterocycles. The van der Waals surface area contributed by atoms with E-state index in [0.717, 1.165) is 24.9 Å². The Labute approximate surface area is 96.6 Å². The molecule has 15 heavy (non-hydrogen) atoms. The van der Waals surface area contributed by atoms with E-state index in [1.165, 1.54) is 12.0 Å². The first kappa shape index (κ1) is 12.6. The van der Waals surface area contributed by atoms with Gasteiger partial charge in [-0.15, -0.1) is 0 Å². The van der Waals surface area contributed by atoms with Crippen LogP contribution < -0.4 is 5.32 Å². The number of aromatic nitrogens is 2. The minimum absolute atomic E-state index is 0.746. The molecule has 0 aromatic carbocycles. The molecule has 0 bridgehead atoms. The van der Waals surface area contributed by atoms with Crippen molar-refractivity contribution in [1.29, 1.82) is 0 Å². The summed E-state index contributed by atoms with van der Waals surface area (Å²) in [6.07, 6.45) is 7.43. The Bertz CT molecular complexity index is 273. The monoisotopic (exact) mass is 227 g/mol. The summed E-state index contributed by atoms with van der Waals surface area (Å²) in [5, 5.41) is 8.42. The summed E-state index contributed by atoms with van der Waals surface area (Å²) >= 11 is 1.92. The van der Waals surface area contributed by atoms with Crippen LogP contribution >= 0.6 is 11.8 Å². The fraction of sp³-hybridized carbons (Fsp3) is 0.727. The summed E-state index contributed by atoms with van der Waals surface area (Å²) in [6.45, 7) is 7.33. The van der Waals surface area contributed by atoms with E-state index >= 15 is 0 Å². The molecular formula is C11H21N3S. The molecule has 0 radical (unpaired) electrons. The fourth-order valence-corrected chi connectivity index (χ4v) is 1.68. The second kappa shape index (κ2) is 6.90. The van der Waals surface area contributed by atoms with E-state index in [0.29, 0.717) is 0 Å². The molecule has 1 heterocycles. The molecule has 4 heteroatoms. The van der Waals surface area contributed by atoms with Gasteiger partial charge in [0.1, 0.15) is 0 Å². The smallest absolute Gasteiger partial charge is 0.0534 e. The van der Waals surface area contributed by atoms with Crippen molar-refractivity contribution < 1.29 is 0 Å². The summed E-state index contributed by atoms with van der Waals surface area (Å²) in [4.78, 5) is 0. The molecule has 0 aliphatic rings. The van der Waals surface area contributed by atoms with Gasteiger partial charge in [0.15, 0.2) is 0 Å². The lowest BCUT2D eigenvalue weighted by Crippen LogP contribution is -2.17. The van der Waals surface area contributed by atoms with Gasteiger partial charge in [0.25, 0.3) is 0 Å². The molecule has 0 spiro atoms. The molecule has 3 nitrogen and oxygen atoms in total. The average Bonchev–Trinajstić information content (AvgIpc) is 2.72. The van der Waals surface area contributed by atoms with Gasteiger partial charge in [-0.25, -0.2) is 0 Å². The summed E-state index contributed by atoms with van der Waals surface area (Å²) in [7, 11) is 0. The maximum Gasteiger partial charge on any atom is 0.0534 e. The van der Waals surface area contributed by atoms with E-state index in [-0.39, 0.29) is 0 Å². The van der Waals surface area contributed by atoms with Crippen LogP contribution in [0.4, 0.5) is 0 Å². The molecule has 0 saturated carbocycles. The number of rotatable bonds is 7. The topological polar surface area (TPSA) is 29.9 Å². The molecule has 0 fully saturated rings. The second-order valence-electron chi connectivity index (χ2n) is 3.72. The van der Waals surface area contributed by atoms with Crippen molar-refractivity contribution in [2.24, 2.45) is 0 Å². The number of nitrogens with one attached hydrogen (secondary N) is 1. The van der Waals surface area contributed by atoms with E-state index in [1.54, 1.807) is 0 Å². The Morgan fingerprint density at radius 1 is 1.60 bits per heavy atom. The molecule has 86 valence electrons. The summed E-state index contributed by atoms with van der Waals surface area (Å²) < 4.78 is 1.96. The van der Waals surface area contributed by atoms with Crippen LogP contribution in [0.15, 0.2) is 12.4 Å². The Morgan fingerprint density at radius 3 is 3.00 bits per heavy atom. The van der Waals surface area contributed by atoms with E-state index in [4.69, 9.17) is 0 Å². The van der Waals surface area contributed by atoms with Crippen molar-refractivity contribution in [2.75, 3.05) is 12.8 Å². The molecule has 0 aliphatic carbocycles.